The standard InChI is InChI=1S/C19H21N3S/c1-14-6-8-15(9-7-14)10-11-19-21-16-4-2-3-5-17(16)22(19)13-12-18(20)23/h2-9H,10-13H2,1H3,(H2,20,23). The van der Waals surface area contributed by atoms with Crippen molar-refractivity contribution in [2.45, 2.75) is 32.7 Å². The highest BCUT2D eigenvalue weighted by Gasteiger charge is 2.10. The van der Waals surface area contributed by atoms with E-state index in [1.165, 1.54) is 11.1 Å². The summed E-state index contributed by atoms with van der Waals surface area (Å²) < 4.78 is 2.25. The normalized spacial score (nSPS) is 11.0. The van der Waals surface area contributed by atoms with Crippen LogP contribution in [0.5, 0.6) is 0 Å². The summed E-state index contributed by atoms with van der Waals surface area (Å²) in [6.45, 7) is 2.90. The molecule has 0 aliphatic carbocycles. The maximum Gasteiger partial charge on any atom is 0.110 e. The number of aromatic nitrogens is 2. The molecule has 0 atom stereocenters. The zero-order valence-electron chi connectivity index (χ0n) is 13.3. The van der Waals surface area contributed by atoms with E-state index in [2.05, 4.69) is 47.9 Å². The Kier molecular flexibility index (Phi) is 4.72. The van der Waals surface area contributed by atoms with Gasteiger partial charge in [-0.3, -0.25) is 0 Å². The maximum atomic E-state index is 5.68. The first-order valence-corrected chi connectivity index (χ1v) is 8.32. The number of thiocarbonyl (C=S) groups is 1. The van der Waals surface area contributed by atoms with Gasteiger partial charge in [0.05, 0.1) is 16.0 Å². The van der Waals surface area contributed by atoms with Gasteiger partial charge in [-0.25, -0.2) is 4.98 Å². The van der Waals surface area contributed by atoms with Crippen LogP contribution in [-0.4, -0.2) is 14.5 Å². The Balaban J connectivity index is 1.84. The summed E-state index contributed by atoms with van der Waals surface area (Å²) in [6, 6.07) is 16.9. The maximum absolute atomic E-state index is 5.68. The van der Waals surface area contributed by atoms with Gasteiger partial charge in [0.1, 0.15) is 5.82 Å². The van der Waals surface area contributed by atoms with E-state index in [9.17, 15) is 0 Å². The molecular weight excluding hydrogens is 302 g/mol. The van der Waals surface area contributed by atoms with Crippen molar-refractivity contribution >= 4 is 28.2 Å². The van der Waals surface area contributed by atoms with Crippen LogP contribution >= 0.6 is 12.2 Å². The van der Waals surface area contributed by atoms with Crippen LogP contribution in [0.15, 0.2) is 48.5 Å². The lowest BCUT2D eigenvalue weighted by Gasteiger charge is -2.09. The molecule has 2 aromatic carbocycles. The largest absolute Gasteiger partial charge is 0.393 e. The number of para-hydroxylation sites is 2. The molecule has 3 rings (SSSR count). The topological polar surface area (TPSA) is 43.8 Å². The number of nitrogens with zero attached hydrogens (tertiary/aromatic N) is 2. The van der Waals surface area contributed by atoms with E-state index in [4.69, 9.17) is 22.9 Å². The molecule has 1 aromatic heterocycles. The highest BCUT2D eigenvalue weighted by atomic mass is 32.1. The molecule has 2 N–H and O–H groups in total. The molecule has 0 saturated heterocycles. The van der Waals surface area contributed by atoms with Gasteiger partial charge in [0.2, 0.25) is 0 Å². The molecule has 0 aliphatic rings. The molecule has 0 radical (unpaired) electrons. The van der Waals surface area contributed by atoms with E-state index in [1.807, 2.05) is 12.1 Å². The van der Waals surface area contributed by atoms with Gasteiger partial charge in [-0.1, -0.05) is 54.2 Å². The van der Waals surface area contributed by atoms with E-state index >= 15 is 0 Å². The second-order valence-corrected chi connectivity index (χ2v) is 6.39. The number of benzene rings is 2. The first-order valence-electron chi connectivity index (χ1n) is 7.91. The molecule has 0 unspecified atom stereocenters. The lowest BCUT2D eigenvalue weighted by atomic mass is 10.1. The van der Waals surface area contributed by atoms with Crippen molar-refractivity contribution < 1.29 is 0 Å². The Morgan fingerprint density at radius 2 is 1.83 bits per heavy atom. The summed E-state index contributed by atoms with van der Waals surface area (Å²) in [5, 5.41) is 0. The Hall–Kier alpha value is -2.20. The van der Waals surface area contributed by atoms with Gasteiger partial charge in [0, 0.05) is 19.4 Å². The summed E-state index contributed by atoms with van der Waals surface area (Å²) in [5.41, 5.74) is 10.5. The van der Waals surface area contributed by atoms with Gasteiger partial charge in [-0.2, -0.15) is 0 Å². The minimum Gasteiger partial charge on any atom is -0.393 e. The minimum atomic E-state index is 0.548. The number of imidazole rings is 1. The molecule has 0 spiro atoms. The lowest BCUT2D eigenvalue weighted by molar-refractivity contribution is 0.683. The van der Waals surface area contributed by atoms with E-state index in [0.717, 1.165) is 36.2 Å². The molecule has 4 heteroatoms. The average molecular weight is 323 g/mol. The minimum absolute atomic E-state index is 0.548. The molecule has 0 bridgehead atoms. The van der Waals surface area contributed by atoms with Gasteiger partial charge in [-0.05, 0) is 31.0 Å². The average Bonchev–Trinajstić information content (AvgIpc) is 2.90. The third-order valence-corrected chi connectivity index (χ3v) is 4.28. The predicted molar refractivity (Wildman–Crippen MR) is 99.7 cm³/mol. The highest BCUT2D eigenvalue weighted by molar-refractivity contribution is 7.80. The van der Waals surface area contributed by atoms with Gasteiger partial charge >= 0.3 is 0 Å². The highest BCUT2D eigenvalue weighted by Crippen LogP contribution is 2.18. The van der Waals surface area contributed by atoms with E-state index in [1.54, 1.807) is 0 Å². The smallest absolute Gasteiger partial charge is 0.110 e. The van der Waals surface area contributed by atoms with Gasteiger partial charge in [-0.15, -0.1) is 0 Å². The van der Waals surface area contributed by atoms with Crippen LogP contribution in [0.2, 0.25) is 0 Å². The monoisotopic (exact) mass is 323 g/mol. The molecule has 3 nitrogen and oxygen atoms in total. The third-order valence-electron chi connectivity index (χ3n) is 4.07. The summed E-state index contributed by atoms with van der Waals surface area (Å²) in [4.78, 5) is 5.35. The molecule has 3 aromatic rings. The van der Waals surface area contributed by atoms with E-state index in [0.29, 0.717) is 11.4 Å². The zero-order valence-corrected chi connectivity index (χ0v) is 14.1. The molecular formula is C19H21N3S. The number of nitrogens with two attached hydrogens (primary N) is 1. The Bertz CT molecular complexity index is 818. The fourth-order valence-corrected chi connectivity index (χ4v) is 2.89. The van der Waals surface area contributed by atoms with Crippen LogP contribution in [0.1, 0.15) is 23.4 Å². The van der Waals surface area contributed by atoms with Crippen molar-refractivity contribution in [2.24, 2.45) is 5.73 Å². The third kappa shape index (κ3) is 3.77. The van der Waals surface area contributed by atoms with Crippen LogP contribution in [-0.2, 0) is 19.4 Å². The summed E-state index contributed by atoms with van der Waals surface area (Å²) >= 11 is 5.03. The predicted octanol–water partition coefficient (Wildman–Crippen LogP) is 3.81. The number of hydrogen-bond acceptors (Lipinski definition) is 2. The number of rotatable bonds is 6. The first-order chi connectivity index (χ1) is 11.1. The van der Waals surface area contributed by atoms with Gasteiger partial charge in [0.25, 0.3) is 0 Å². The second kappa shape index (κ2) is 6.92. The van der Waals surface area contributed by atoms with Crippen LogP contribution in [0.3, 0.4) is 0 Å². The van der Waals surface area contributed by atoms with Gasteiger partial charge < -0.3 is 10.3 Å². The molecule has 118 valence electrons. The fourth-order valence-electron chi connectivity index (χ4n) is 2.80. The number of fused-ring (bicyclic) bond motifs is 1. The molecule has 23 heavy (non-hydrogen) atoms. The Morgan fingerprint density at radius 1 is 1.09 bits per heavy atom. The number of aryl methyl sites for hydroxylation is 4. The zero-order chi connectivity index (χ0) is 16.2. The van der Waals surface area contributed by atoms with Crippen LogP contribution in [0.25, 0.3) is 11.0 Å². The number of hydrogen-bond donors (Lipinski definition) is 1. The Morgan fingerprint density at radius 3 is 2.57 bits per heavy atom. The van der Waals surface area contributed by atoms with Crippen molar-refractivity contribution in [3.05, 3.63) is 65.5 Å². The van der Waals surface area contributed by atoms with E-state index < -0.39 is 0 Å². The molecule has 0 saturated carbocycles. The van der Waals surface area contributed by atoms with Crippen LogP contribution < -0.4 is 5.73 Å². The second-order valence-electron chi connectivity index (χ2n) is 5.87. The van der Waals surface area contributed by atoms with Crippen molar-refractivity contribution in [2.75, 3.05) is 0 Å². The van der Waals surface area contributed by atoms with Crippen LogP contribution in [0.4, 0.5) is 0 Å². The lowest BCUT2D eigenvalue weighted by Crippen LogP contribution is -2.13. The van der Waals surface area contributed by atoms with Crippen molar-refractivity contribution in [3.8, 4) is 0 Å². The van der Waals surface area contributed by atoms with Crippen molar-refractivity contribution in [1.82, 2.24) is 9.55 Å². The molecule has 0 aliphatic heterocycles. The van der Waals surface area contributed by atoms with Gasteiger partial charge in [0.15, 0.2) is 0 Å². The van der Waals surface area contributed by atoms with E-state index in [-0.39, 0.29) is 0 Å². The molecule has 1 heterocycles. The van der Waals surface area contributed by atoms with Crippen molar-refractivity contribution in [1.29, 1.82) is 0 Å². The van der Waals surface area contributed by atoms with Crippen LogP contribution in [0, 0.1) is 6.92 Å². The fraction of sp³-hybridized carbons (Fsp3) is 0.263. The van der Waals surface area contributed by atoms with Crippen molar-refractivity contribution in [3.63, 3.8) is 0 Å². The first kappa shape index (κ1) is 15.7. The molecule has 0 amide bonds. The Labute approximate surface area is 142 Å². The quantitative estimate of drug-likeness (QED) is 0.702. The molecule has 0 fully saturated rings. The summed E-state index contributed by atoms with van der Waals surface area (Å²) in [7, 11) is 0. The summed E-state index contributed by atoms with van der Waals surface area (Å²) in [5.74, 6) is 1.10. The summed E-state index contributed by atoms with van der Waals surface area (Å²) in [6.07, 6.45) is 2.60. The SMILES string of the molecule is Cc1ccc(CCc2nc3ccccc3n2CCC(N)=S)cc1.